The van der Waals surface area contributed by atoms with Gasteiger partial charge in [-0.05, 0) is 31.2 Å². The van der Waals surface area contributed by atoms with Crippen LogP contribution >= 0.6 is 0 Å². The molecule has 32 heavy (non-hydrogen) atoms. The molecule has 0 aliphatic carbocycles. The Balaban J connectivity index is 2.31. The molecule has 0 atom stereocenters. The summed E-state index contributed by atoms with van der Waals surface area (Å²) >= 11 is 0. The third-order valence-electron chi connectivity index (χ3n) is 4.04. The van der Waals surface area contributed by atoms with Gasteiger partial charge in [-0.15, -0.1) is 0 Å². The van der Waals surface area contributed by atoms with Gasteiger partial charge in [0.1, 0.15) is 11.5 Å². The number of hydrogen-bond acceptors (Lipinski definition) is 7. The summed E-state index contributed by atoms with van der Waals surface area (Å²) < 4.78 is 74.4. The van der Waals surface area contributed by atoms with Crippen LogP contribution in [0.1, 0.15) is 22.8 Å². The van der Waals surface area contributed by atoms with Crippen LogP contribution in [0.5, 0.6) is 28.7 Å². The van der Waals surface area contributed by atoms with Crippen molar-refractivity contribution in [2.45, 2.75) is 20.1 Å². The van der Waals surface area contributed by atoms with Crippen LogP contribution in [0, 0.1) is 0 Å². The predicted octanol–water partition coefficient (Wildman–Crippen LogP) is 4.07. The highest BCUT2D eigenvalue weighted by atomic mass is 19.3. The van der Waals surface area contributed by atoms with E-state index in [1.54, 1.807) is 0 Å². The zero-order chi connectivity index (χ0) is 23.8. The molecule has 1 amide bonds. The number of alkyl halides is 4. The smallest absolute Gasteiger partial charge is 0.387 e. The standard InChI is InChI=1S/C20H20F4N2O6/c1-10(13-6-5-12(31-19(21)22)9-14(13)32-20(23)24)25-26-18(27)11-7-15(28-2)17(30-4)16(8-11)29-3/h5-9,19-20H,1-4H3,(H,26,27). The maximum atomic E-state index is 12.7. The number of methoxy groups -OCH3 is 3. The van der Waals surface area contributed by atoms with Crippen molar-refractivity contribution in [3.05, 3.63) is 41.5 Å². The van der Waals surface area contributed by atoms with Gasteiger partial charge in [0.05, 0.1) is 27.0 Å². The van der Waals surface area contributed by atoms with Crippen molar-refractivity contribution in [2.24, 2.45) is 5.10 Å². The molecule has 0 fully saturated rings. The summed E-state index contributed by atoms with van der Waals surface area (Å²) in [4.78, 5) is 12.5. The normalized spacial score (nSPS) is 11.4. The van der Waals surface area contributed by atoms with Gasteiger partial charge in [0.25, 0.3) is 5.91 Å². The zero-order valence-electron chi connectivity index (χ0n) is 17.5. The molecule has 1 N–H and O–H groups in total. The molecule has 0 aliphatic rings. The first-order chi connectivity index (χ1) is 15.2. The van der Waals surface area contributed by atoms with Gasteiger partial charge < -0.3 is 23.7 Å². The Morgan fingerprint density at radius 1 is 0.875 bits per heavy atom. The van der Waals surface area contributed by atoms with Crippen LogP contribution in [0.3, 0.4) is 0 Å². The van der Waals surface area contributed by atoms with Crippen LogP contribution in [-0.4, -0.2) is 46.2 Å². The van der Waals surface area contributed by atoms with Crippen LogP contribution in [-0.2, 0) is 0 Å². The largest absolute Gasteiger partial charge is 0.493 e. The number of carbonyl (C=O) groups excluding carboxylic acids is 1. The van der Waals surface area contributed by atoms with Gasteiger partial charge in [-0.25, -0.2) is 5.43 Å². The second-order valence-electron chi connectivity index (χ2n) is 5.97. The van der Waals surface area contributed by atoms with E-state index < -0.39 is 24.9 Å². The number of nitrogens with zero attached hydrogens (tertiary/aromatic N) is 1. The zero-order valence-corrected chi connectivity index (χ0v) is 17.5. The summed E-state index contributed by atoms with van der Waals surface area (Å²) in [6.07, 6.45) is 0. The van der Waals surface area contributed by atoms with Crippen molar-refractivity contribution in [3.63, 3.8) is 0 Å². The first-order valence-electron chi connectivity index (χ1n) is 8.88. The number of halogens is 4. The lowest BCUT2D eigenvalue weighted by atomic mass is 10.1. The van der Waals surface area contributed by atoms with E-state index in [4.69, 9.17) is 14.2 Å². The number of hydrazone groups is 1. The Bertz CT molecular complexity index is 960. The van der Waals surface area contributed by atoms with Crippen molar-refractivity contribution in [1.82, 2.24) is 5.43 Å². The van der Waals surface area contributed by atoms with Crippen LogP contribution in [0.2, 0.25) is 0 Å². The molecule has 2 aromatic carbocycles. The summed E-state index contributed by atoms with van der Waals surface area (Å²) in [5.74, 6) is -0.751. The average molecular weight is 460 g/mol. The molecule has 0 spiro atoms. The van der Waals surface area contributed by atoms with Crippen molar-refractivity contribution in [3.8, 4) is 28.7 Å². The van der Waals surface area contributed by atoms with Gasteiger partial charge in [0.2, 0.25) is 5.75 Å². The van der Waals surface area contributed by atoms with Crippen LogP contribution in [0.25, 0.3) is 0 Å². The van der Waals surface area contributed by atoms with Crippen molar-refractivity contribution in [2.75, 3.05) is 21.3 Å². The average Bonchev–Trinajstić information content (AvgIpc) is 2.75. The maximum Gasteiger partial charge on any atom is 0.387 e. The van der Waals surface area contributed by atoms with E-state index in [2.05, 4.69) is 20.0 Å². The Hall–Kier alpha value is -3.70. The molecule has 174 valence electrons. The number of benzene rings is 2. The molecule has 0 aliphatic heterocycles. The Kier molecular flexibility index (Phi) is 8.50. The SMILES string of the molecule is COc1cc(C(=O)NN=C(C)c2ccc(OC(F)F)cc2OC(F)F)cc(OC)c1OC. The number of amides is 1. The molecule has 0 radical (unpaired) electrons. The number of nitrogens with one attached hydrogen (secondary N) is 1. The van der Waals surface area contributed by atoms with Crippen LogP contribution in [0.15, 0.2) is 35.4 Å². The minimum absolute atomic E-state index is 0.0251. The lowest BCUT2D eigenvalue weighted by Crippen LogP contribution is -2.20. The highest BCUT2D eigenvalue weighted by Gasteiger charge is 2.18. The van der Waals surface area contributed by atoms with E-state index >= 15 is 0 Å². The molecule has 0 aromatic heterocycles. The fourth-order valence-corrected chi connectivity index (χ4v) is 2.64. The first-order valence-corrected chi connectivity index (χ1v) is 8.88. The van der Waals surface area contributed by atoms with Gasteiger partial charge in [0.15, 0.2) is 11.5 Å². The molecule has 2 rings (SSSR count). The first kappa shape index (κ1) is 24.6. The van der Waals surface area contributed by atoms with E-state index in [0.29, 0.717) is 0 Å². The number of ether oxygens (including phenoxy) is 5. The Labute approximate surface area is 180 Å². The van der Waals surface area contributed by atoms with E-state index in [0.717, 1.165) is 12.1 Å². The highest BCUT2D eigenvalue weighted by molar-refractivity contribution is 6.03. The van der Waals surface area contributed by atoms with E-state index in [9.17, 15) is 22.4 Å². The second kappa shape index (κ2) is 11.1. The van der Waals surface area contributed by atoms with Crippen LogP contribution in [0.4, 0.5) is 17.6 Å². The third kappa shape index (κ3) is 6.15. The lowest BCUT2D eigenvalue weighted by Gasteiger charge is -2.14. The van der Waals surface area contributed by atoms with Gasteiger partial charge in [-0.2, -0.15) is 22.7 Å². The molecule has 12 heteroatoms. The third-order valence-corrected chi connectivity index (χ3v) is 4.04. The van der Waals surface area contributed by atoms with E-state index in [1.165, 1.54) is 46.5 Å². The van der Waals surface area contributed by atoms with Crippen molar-refractivity contribution < 1.29 is 46.0 Å². The summed E-state index contributed by atoms with van der Waals surface area (Å²) in [5, 5.41) is 3.87. The fraction of sp³-hybridized carbons (Fsp3) is 0.300. The minimum Gasteiger partial charge on any atom is -0.493 e. The van der Waals surface area contributed by atoms with Gasteiger partial charge in [-0.3, -0.25) is 4.79 Å². The number of rotatable bonds is 10. The van der Waals surface area contributed by atoms with Gasteiger partial charge in [-0.1, -0.05) is 0 Å². The highest BCUT2D eigenvalue weighted by Crippen LogP contribution is 2.38. The number of carbonyl (C=O) groups is 1. The summed E-state index contributed by atoms with van der Waals surface area (Å²) in [6, 6.07) is 5.97. The van der Waals surface area contributed by atoms with Gasteiger partial charge >= 0.3 is 13.2 Å². The molecule has 8 nitrogen and oxygen atoms in total. The van der Waals surface area contributed by atoms with Crippen LogP contribution < -0.4 is 29.1 Å². The van der Waals surface area contributed by atoms with E-state index in [1.807, 2.05) is 0 Å². The van der Waals surface area contributed by atoms with Gasteiger partial charge in [0, 0.05) is 17.2 Å². The Morgan fingerprint density at radius 3 is 1.97 bits per heavy atom. The molecular weight excluding hydrogens is 440 g/mol. The van der Waals surface area contributed by atoms with E-state index in [-0.39, 0.29) is 39.8 Å². The maximum absolute atomic E-state index is 12.7. The predicted molar refractivity (Wildman–Crippen MR) is 105 cm³/mol. The quantitative estimate of drug-likeness (QED) is 0.327. The number of hydrogen-bond donors (Lipinski definition) is 1. The van der Waals surface area contributed by atoms with Crippen molar-refractivity contribution >= 4 is 11.6 Å². The lowest BCUT2D eigenvalue weighted by molar-refractivity contribution is -0.0543. The molecule has 2 aromatic rings. The molecule has 0 saturated carbocycles. The summed E-state index contributed by atoms with van der Waals surface area (Å²) in [5.41, 5.74) is 2.46. The van der Waals surface area contributed by atoms with Crippen molar-refractivity contribution in [1.29, 1.82) is 0 Å². The topological polar surface area (TPSA) is 87.6 Å². The second-order valence-corrected chi connectivity index (χ2v) is 5.97. The minimum atomic E-state index is -3.22. The molecular formula is C20H20F4N2O6. The summed E-state index contributed by atoms with van der Waals surface area (Å²) in [7, 11) is 4.17. The fourth-order valence-electron chi connectivity index (χ4n) is 2.64. The molecule has 0 heterocycles. The molecule has 0 saturated heterocycles. The molecule has 0 unspecified atom stereocenters. The molecule has 0 bridgehead atoms. The monoisotopic (exact) mass is 460 g/mol. The Morgan fingerprint density at radius 2 is 1.47 bits per heavy atom. The summed E-state index contributed by atoms with van der Waals surface area (Å²) in [6.45, 7) is -4.97.